The van der Waals surface area contributed by atoms with Gasteiger partial charge in [0.2, 0.25) is 0 Å². The van der Waals surface area contributed by atoms with E-state index in [9.17, 15) is 8.42 Å². The van der Waals surface area contributed by atoms with Crippen LogP contribution in [0.15, 0.2) is 23.1 Å². The summed E-state index contributed by atoms with van der Waals surface area (Å²) in [6.45, 7) is 1.05. The lowest BCUT2D eigenvalue weighted by atomic mass is 9.94. The van der Waals surface area contributed by atoms with E-state index in [1.165, 1.54) is 25.5 Å². The molecular formula is C15H19N3O2S. The zero-order valence-corrected chi connectivity index (χ0v) is 12.8. The van der Waals surface area contributed by atoms with Gasteiger partial charge in [0.15, 0.2) is 9.84 Å². The number of hydrogen-bond acceptors (Lipinski definition) is 4. The van der Waals surface area contributed by atoms with Crippen LogP contribution in [0.25, 0.3) is 11.0 Å². The van der Waals surface area contributed by atoms with Crippen LogP contribution in [-0.2, 0) is 9.84 Å². The molecule has 5 nitrogen and oxygen atoms in total. The van der Waals surface area contributed by atoms with Crippen LogP contribution in [0.2, 0.25) is 0 Å². The third kappa shape index (κ3) is 2.08. The van der Waals surface area contributed by atoms with Crippen LogP contribution in [0.3, 0.4) is 0 Å². The van der Waals surface area contributed by atoms with Gasteiger partial charge in [0.25, 0.3) is 0 Å². The number of aromatic nitrogens is 2. The van der Waals surface area contributed by atoms with Gasteiger partial charge in [0, 0.05) is 6.26 Å². The summed E-state index contributed by atoms with van der Waals surface area (Å²) in [6.07, 6.45) is 5.06. The number of nitrogens with zero attached hydrogens (tertiary/aromatic N) is 1. The molecule has 2 aliphatic rings. The Kier molecular flexibility index (Phi) is 2.87. The summed E-state index contributed by atoms with van der Waals surface area (Å²) in [5, 5.41) is 3.55. The van der Waals surface area contributed by atoms with Crippen molar-refractivity contribution in [2.45, 2.75) is 30.2 Å². The number of imidazole rings is 1. The lowest BCUT2D eigenvalue weighted by Crippen LogP contribution is -2.19. The highest BCUT2D eigenvalue weighted by molar-refractivity contribution is 7.91. The molecule has 3 unspecified atom stereocenters. The van der Waals surface area contributed by atoms with Crippen LogP contribution in [0, 0.1) is 11.8 Å². The van der Waals surface area contributed by atoms with Gasteiger partial charge in [0.1, 0.15) is 11.3 Å². The van der Waals surface area contributed by atoms with Crippen LogP contribution in [0.1, 0.15) is 31.1 Å². The summed E-state index contributed by atoms with van der Waals surface area (Å²) in [6, 6.07) is 5.52. The number of fused-ring (bicyclic) bond motifs is 2. The number of H-pyrrole nitrogens is 1. The Labute approximate surface area is 124 Å². The van der Waals surface area contributed by atoms with Crippen LogP contribution in [-0.4, -0.2) is 31.2 Å². The average molecular weight is 305 g/mol. The highest BCUT2D eigenvalue weighted by atomic mass is 32.2. The monoisotopic (exact) mass is 305 g/mol. The third-order valence-electron chi connectivity index (χ3n) is 4.93. The topological polar surface area (TPSA) is 74.8 Å². The minimum Gasteiger partial charge on any atom is -0.341 e. The second kappa shape index (κ2) is 4.55. The van der Waals surface area contributed by atoms with Crippen molar-refractivity contribution >= 4 is 20.9 Å². The van der Waals surface area contributed by atoms with Crippen molar-refractivity contribution in [1.29, 1.82) is 0 Å². The second-order valence-corrected chi connectivity index (χ2v) is 8.27. The Bertz CT molecular complexity index is 796. The number of benzene rings is 1. The first-order valence-corrected chi connectivity index (χ1v) is 9.35. The lowest BCUT2D eigenvalue weighted by Gasteiger charge is -2.15. The lowest BCUT2D eigenvalue weighted by molar-refractivity contribution is 0.410. The first kappa shape index (κ1) is 13.3. The van der Waals surface area contributed by atoms with E-state index in [0.717, 1.165) is 23.8 Å². The maximum Gasteiger partial charge on any atom is 0.177 e. The summed E-state index contributed by atoms with van der Waals surface area (Å²) in [7, 11) is -3.26. The molecule has 112 valence electrons. The van der Waals surface area contributed by atoms with Crippen molar-refractivity contribution in [2.75, 3.05) is 12.8 Å². The molecule has 1 saturated carbocycles. The van der Waals surface area contributed by atoms with E-state index in [0.29, 0.717) is 16.3 Å². The molecule has 2 heterocycles. The minimum atomic E-state index is -3.26. The van der Waals surface area contributed by atoms with Gasteiger partial charge >= 0.3 is 0 Å². The SMILES string of the molecule is CS(=O)(=O)c1cccc2[nH]c(C3NCC4CCCC43)nc12. The number of aromatic amines is 1. The van der Waals surface area contributed by atoms with Crippen molar-refractivity contribution in [2.24, 2.45) is 11.8 Å². The van der Waals surface area contributed by atoms with E-state index in [1.807, 2.05) is 6.07 Å². The van der Waals surface area contributed by atoms with Crippen molar-refractivity contribution < 1.29 is 8.42 Å². The molecule has 1 aromatic carbocycles. The van der Waals surface area contributed by atoms with Gasteiger partial charge in [-0.15, -0.1) is 0 Å². The maximum atomic E-state index is 11.9. The number of sulfone groups is 1. The Morgan fingerprint density at radius 3 is 2.95 bits per heavy atom. The van der Waals surface area contributed by atoms with E-state index < -0.39 is 9.84 Å². The van der Waals surface area contributed by atoms with E-state index in [4.69, 9.17) is 0 Å². The van der Waals surface area contributed by atoms with E-state index in [1.54, 1.807) is 12.1 Å². The number of para-hydroxylation sites is 1. The van der Waals surface area contributed by atoms with Crippen molar-refractivity contribution in [1.82, 2.24) is 15.3 Å². The molecule has 6 heteroatoms. The Balaban J connectivity index is 1.81. The molecule has 1 aliphatic heterocycles. The highest BCUT2D eigenvalue weighted by Gasteiger charge is 2.41. The van der Waals surface area contributed by atoms with Gasteiger partial charge in [-0.2, -0.15) is 0 Å². The van der Waals surface area contributed by atoms with Crippen LogP contribution in [0.4, 0.5) is 0 Å². The van der Waals surface area contributed by atoms with Gasteiger partial charge in [0.05, 0.1) is 16.5 Å². The number of nitrogens with one attached hydrogen (secondary N) is 2. The van der Waals surface area contributed by atoms with Crippen molar-refractivity contribution in [3.05, 3.63) is 24.0 Å². The normalized spacial score (nSPS) is 29.1. The molecule has 3 atom stereocenters. The molecule has 2 fully saturated rings. The summed E-state index contributed by atoms with van der Waals surface area (Å²) in [5.74, 6) is 2.26. The van der Waals surface area contributed by atoms with E-state index in [-0.39, 0.29) is 6.04 Å². The first-order valence-electron chi connectivity index (χ1n) is 7.46. The van der Waals surface area contributed by atoms with Crippen LogP contribution < -0.4 is 5.32 Å². The fourth-order valence-electron chi connectivity index (χ4n) is 3.96. The molecule has 1 aromatic heterocycles. The highest BCUT2D eigenvalue weighted by Crippen LogP contribution is 2.44. The molecule has 2 N–H and O–H groups in total. The molecule has 0 spiro atoms. The quantitative estimate of drug-likeness (QED) is 0.890. The molecular weight excluding hydrogens is 286 g/mol. The zero-order valence-electron chi connectivity index (χ0n) is 12.0. The third-order valence-corrected chi connectivity index (χ3v) is 6.06. The van der Waals surface area contributed by atoms with Crippen LogP contribution >= 0.6 is 0 Å². The van der Waals surface area contributed by atoms with Gasteiger partial charge in [-0.1, -0.05) is 12.5 Å². The Morgan fingerprint density at radius 2 is 2.14 bits per heavy atom. The Morgan fingerprint density at radius 1 is 1.29 bits per heavy atom. The summed E-state index contributed by atoms with van der Waals surface area (Å²) >= 11 is 0. The predicted octanol–water partition coefficient (Wildman–Crippen LogP) is 2.03. The molecule has 1 saturated heterocycles. The number of rotatable bonds is 2. The Hall–Kier alpha value is -1.40. The maximum absolute atomic E-state index is 11.9. The van der Waals surface area contributed by atoms with Gasteiger partial charge in [-0.25, -0.2) is 13.4 Å². The van der Waals surface area contributed by atoms with Gasteiger partial charge < -0.3 is 10.3 Å². The molecule has 4 rings (SSSR count). The molecule has 21 heavy (non-hydrogen) atoms. The number of hydrogen-bond donors (Lipinski definition) is 2. The summed E-state index contributed by atoms with van der Waals surface area (Å²) in [5.41, 5.74) is 1.37. The standard InChI is InChI=1S/C15H19N3O2S/c1-21(19,20)12-7-3-6-11-14(12)18-15(17-11)13-10-5-2-4-9(10)8-16-13/h3,6-7,9-10,13,16H,2,4-5,8H2,1H3,(H,17,18). The average Bonchev–Trinajstić information content (AvgIpc) is 3.10. The summed E-state index contributed by atoms with van der Waals surface area (Å²) < 4.78 is 23.8. The van der Waals surface area contributed by atoms with Crippen molar-refractivity contribution in [3.8, 4) is 0 Å². The van der Waals surface area contributed by atoms with Crippen LogP contribution in [0.5, 0.6) is 0 Å². The largest absolute Gasteiger partial charge is 0.341 e. The molecule has 0 radical (unpaired) electrons. The van der Waals surface area contributed by atoms with Gasteiger partial charge in [-0.05, 0) is 43.4 Å². The van der Waals surface area contributed by atoms with Crippen molar-refractivity contribution in [3.63, 3.8) is 0 Å². The molecule has 1 aliphatic carbocycles. The van der Waals surface area contributed by atoms with E-state index in [2.05, 4.69) is 15.3 Å². The minimum absolute atomic E-state index is 0.234. The van der Waals surface area contributed by atoms with E-state index >= 15 is 0 Å². The molecule has 2 aromatic rings. The first-order chi connectivity index (χ1) is 10.0. The fourth-order valence-corrected chi connectivity index (χ4v) is 4.79. The smallest absolute Gasteiger partial charge is 0.177 e. The second-order valence-electron chi connectivity index (χ2n) is 6.29. The molecule has 0 bridgehead atoms. The summed E-state index contributed by atoms with van der Waals surface area (Å²) in [4.78, 5) is 8.26. The van der Waals surface area contributed by atoms with Gasteiger partial charge in [-0.3, -0.25) is 0 Å². The zero-order chi connectivity index (χ0) is 14.6. The fraction of sp³-hybridized carbons (Fsp3) is 0.533. The molecule has 0 amide bonds. The predicted molar refractivity (Wildman–Crippen MR) is 80.8 cm³/mol.